The molecule has 1 aliphatic rings. The summed E-state index contributed by atoms with van der Waals surface area (Å²) in [4.78, 5) is 23.6. The molecule has 0 amide bonds. The van der Waals surface area contributed by atoms with Gasteiger partial charge in [0.2, 0.25) is 0 Å². The minimum Gasteiger partial charge on any atom is -0.457 e. The first-order valence-electron chi connectivity index (χ1n) is 10.8. The second-order valence-electron chi connectivity index (χ2n) is 7.68. The average Bonchev–Trinajstić information content (AvgIpc) is 2.82. The third-order valence-corrected chi connectivity index (χ3v) is 6.05. The lowest BCUT2D eigenvalue weighted by atomic mass is 9.98. The molecule has 0 saturated carbocycles. The van der Waals surface area contributed by atoms with E-state index in [0.29, 0.717) is 12.4 Å². The normalized spacial score (nSPS) is 24.9. The summed E-state index contributed by atoms with van der Waals surface area (Å²) in [5.74, 6) is -0.170. The summed E-state index contributed by atoms with van der Waals surface area (Å²) in [6, 6.07) is 19.4. The molecule has 178 valence electrons. The van der Waals surface area contributed by atoms with Crippen molar-refractivity contribution in [2.45, 2.75) is 57.8 Å². The zero-order chi connectivity index (χ0) is 23.6. The molecule has 1 heterocycles. The van der Waals surface area contributed by atoms with E-state index >= 15 is 0 Å². The molecule has 1 aliphatic heterocycles. The lowest BCUT2D eigenvalue weighted by Gasteiger charge is -2.45. The van der Waals surface area contributed by atoms with Crippen molar-refractivity contribution in [1.29, 1.82) is 0 Å². The average molecular weight is 475 g/mol. The molecular formula is C25H30O7S. The molecule has 8 heteroatoms. The number of hydrogen-bond acceptors (Lipinski definition) is 8. The fraction of sp³-hybridized carbons (Fsp3) is 0.440. The largest absolute Gasteiger partial charge is 0.457 e. The standard InChI is InChI=1S/C25H30O7S/c1-17(26)31-22-21(16-33-18(2)27)32-25(28-3)24(30-15-20-12-8-5-9-13-20)23(22)29-14-19-10-6-4-7-11-19/h4-13,21-25H,14-16H2,1-3H3/t21-,22-,23+,24+,25+/m1/s1. The number of esters is 1. The van der Waals surface area contributed by atoms with Gasteiger partial charge in [-0.2, -0.15) is 0 Å². The van der Waals surface area contributed by atoms with Crippen LogP contribution in [0, 0.1) is 0 Å². The van der Waals surface area contributed by atoms with Crippen LogP contribution in [0.2, 0.25) is 0 Å². The van der Waals surface area contributed by atoms with E-state index < -0.39 is 36.7 Å². The van der Waals surface area contributed by atoms with Crippen LogP contribution in [0.3, 0.4) is 0 Å². The highest BCUT2D eigenvalue weighted by Crippen LogP contribution is 2.32. The molecule has 1 saturated heterocycles. The van der Waals surface area contributed by atoms with Crippen LogP contribution in [-0.4, -0.2) is 54.7 Å². The maximum absolute atomic E-state index is 12.0. The maximum Gasteiger partial charge on any atom is 0.303 e. The first-order valence-corrected chi connectivity index (χ1v) is 11.8. The van der Waals surface area contributed by atoms with Crippen molar-refractivity contribution in [2.75, 3.05) is 12.9 Å². The Morgan fingerprint density at radius 3 is 1.88 bits per heavy atom. The van der Waals surface area contributed by atoms with Crippen LogP contribution in [0.25, 0.3) is 0 Å². The van der Waals surface area contributed by atoms with E-state index in [1.54, 1.807) is 0 Å². The highest BCUT2D eigenvalue weighted by Gasteiger charge is 2.49. The van der Waals surface area contributed by atoms with E-state index in [4.69, 9.17) is 23.7 Å². The van der Waals surface area contributed by atoms with E-state index in [2.05, 4.69) is 0 Å². The van der Waals surface area contributed by atoms with Gasteiger partial charge < -0.3 is 23.7 Å². The van der Waals surface area contributed by atoms with Gasteiger partial charge in [-0.1, -0.05) is 72.4 Å². The number of ether oxygens (including phenoxy) is 5. The SMILES string of the molecule is CO[C@H]1O[C@H](CSC(C)=O)[C@@H](OC(C)=O)[C@H](OCc2ccccc2)[C@@H]1OCc1ccccc1. The van der Waals surface area contributed by atoms with Crippen LogP contribution in [0.5, 0.6) is 0 Å². The molecule has 0 N–H and O–H groups in total. The third kappa shape index (κ3) is 7.65. The summed E-state index contributed by atoms with van der Waals surface area (Å²) >= 11 is 1.10. The first-order chi connectivity index (χ1) is 16.0. The Bertz CT molecular complexity index is 877. The molecule has 3 rings (SSSR count). The molecule has 0 radical (unpaired) electrons. The van der Waals surface area contributed by atoms with Crippen molar-refractivity contribution < 1.29 is 33.3 Å². The number of carbonyl (C=O) groups is 2. The number of rotatable bonds is 10. The number of methoxy groups -OCH3 is 1. The second-order valence-corrected chi connectivity index (χ2v) is 8.87. The first kappa shape index (κ1) is 25.4. The molecule has 1 fully saturated rings. The Morgan fingerprint density at radius 1 is 0.848 bits per heavy atom. The van der Waals surface area contributed by atoms with Gasteiger partial charge in [0.1, 0.15) is 18.3 Å². The fourth-order valence-corrected chi connectivity index (χ4v) is 4.30. The van der Waals surface area contributed by atoms with Crippen LogP contribution in [0.1, 0.15) is 25.0 Å². The summed E-state index contributed by atoms with van der Waals surface area (Å²) in [6.07, 6.45) is -3.48. The van der Waals surface area contributed by atoms with Gasteiger partial charge in [-0.05, 0) is 11.1 Å². The van der Waals surface area contributed by atoms with Crippen LogP contribution in [0.15, 0.2) is 60.7 Å². The van der Waals surface area contributed by atoms with E-state index in [1.807, 2.05) is 60.7 Å². The highest BCUT2D eigenvalue weighted by molar-refractivity contribution is 8.13. The molecule has 0 bridgehead atoms. The number of carbonyl (C=O) groups excluding carboxylic acids is 2. The van der Waals surface area contributed by atoms with Crippen molar-refractivity contribution in [1.82, 2.24) is 0 Å². The lowest BCUT2D eigenvalue weighted by molar-refractivity contribution is -0.308. The molecule has 0 spiro atoms. The Hall–Kier alpha value is -2.23. The topological polar surface area (TPSA) is 80.3 Å². The van der Waals surface area contributed by atoms with Crippen LogP contribution in [-0.2, 0) is 46.5 Å². The molecule has 33 heavy (non-hydrogen) atoms. The maximum atomic E-state index is 12.0. The Labute approximate surface area is 198 Å². The Kier molecular flexibility index (Phi) is 9.90. The monoisotopic (exact) mass is 474 g/mol. The summed E-state index contributed by atoms with van der Waals surface area (Å²) < 4.78 is 29.9. The highest BCUT2D eigenvalue weighted by atomic mass is 32.2. The quantitative estimate of drug-likeness (QED) is 0.482. The number of benzene rings is 2. The summed E-state index contributed by atoms with van der Waals surface area (Å²) in [6.45, 7) is 3.42. The summed E-state index contributed by atoms with van der Waals surface area (Å²) in [5.41, 5.74) is 1.95. The minimum atomic E-state index is -0.773. The second kappa shape index (κ2) is 12.9. The van der Waals surface area contributed by atoms with Gasteiger partial charge >= 0.3 is 5.97 Å². The smallest absolute Gasteiger partial charge is 0.303 e. The van der Waals surface area contributed by atoms with Gasteiger partial charge in [0.15, 0.2) is 17.5 Å². The predicted molar refractivity (Wildman–Crippen MR) is 124 cm³/mol. The van der Waals surface area contributed by atoms with Gasteiger partial charge in [0, 0.05) is 26.7 Å². The summed E-state index contributed by atoms with van der Waals surface area (Å²) in [7, 11) is 1.53. The van der Waals surface area contributed by atoms with Crippen molar-refractivity contribution in [3.05, 3.63) is 71.8 Å². The van der Waals surface area contributed by atoms with Crippen molar-refractivity contribution >= 4 is 22.8 Å². The van der Waals surface area contributed by atoms with E-state index in [0.717, 1.165) is 22.9 Å². The molecule has 7 nitrogen and oxygen atoms in total. The molecule has 0 aromatic heterocycles. The van der Waals surface area contributed by atoms with Crippen LogP contribution >= 0.6 is 11.8 Å². The zero-order valence-corrected chi connectivity index (χ0v) is 19.9. The van der Waals surface area contributed by atoms with Crippen LogP contribution < -0.4 is 0 Å². The van der Waals surface area contributed by atoms with E-state index in [-0.39, 0.29) is 11.7 Å². The molecule has 0 aliphatic carbocycles. The molecule has 2 aromatic carbocycles. The van der Waals surface area contributed by atoms with Gasteiger partial charge in [-0.3, -0.25) is 9.59 Å². The molecule has 0 unspecified atom stereocenters. The number of thioether (sulfide) groups is 1. The van der Waals surface area contributed by atoms with Crippen molar-refractivity contribution in [3.63, 3.8) is 0 Å². The van der Waals surface area contributed by atoms with Crippen LogP contribution in [0.4, 0.5) is 0 Å². The minimum absolute atomic E-state index is 0.0571. The van der Waals surface area contributed by atoms with Crippen molar-refractivity contribution in [3.8, 4) is 0 Å². The van der Waals surface area contributed by atoms with Gasteiger partial charge in [0.05, 0.1) is 13.2 Å². The molecular weight excluding hydrogens is 444 g/mol. The third-order valence-electron chi connectivity index (χ3n) is 5.15. The molecule has 5 atom stereocenters. The van der Waals surface area contributed by atoms with E-state index in [9.17, 15) is 9.59 Å². The number of hydrogen-bond donors (Lipinski definition) is 0. The predicted octanol–water partition coefficient (Wildman–Crippen LogP) is 3.74. The fourth-order valence-electron chi connectivity index (χ4n) is 3.63. The zero-order valence-electron chi connectivity index (χ0n) is 19.0. The Morgan fingerprint density at radius 2 is 1.39 bits per heavy atom. The van der Waals surface area contributed by atoms with Gasteiger partial charge in [0.25, 0.3) is 0 Å². The summed E-state index contributed by atoms with van der Waals surface area (Å²) in [5, 5.41) is -0.0571. The van der Waals surface area contributed by atoms with Crippen molar-refractivity contribution in [2.24, 2.45) is 0 Å². The van der Waals surface area contributed by atoms with Gasteiger partial charge in [-0.25, -0.2) is 0 Å². The van der Waals surface area contributed by atoms with E-state index in [1.165, 1.54) is 21.0 Å². The van der Waals surface area contributed by atoms with Gasteiger partial charge in [-0.15, -0.1) is 0 Å². The Balaban J connectivity index is 1.86. The lowest BCUT2D eigenvalue weighted by Crippen LogP contribution is -2.61. The molecule has 2 aromatic rings.